The van der Waals surface area contributed by atoms with Gasteiger partial charge in [0.1, 0.15) is 23.4 Å². The van der Waals surface area contributed by atoms with Gasteiger partial charge in [-0.15, -0.1) is 13.2 Å². The molecule has 0 bridgehead atoms. The molecule has 1 amide bonds. The lowest BCUT2D eigenvalue weighted by molar-refractivity contribution is -0.344. The fourth-order valence-electron chi connectivity index (χ4n) is 2.66. The number of aromatic nitrogens is 2. The van der Waals surface area contributed by atoms with Gasteiger partial charge in [0, 0.05) is 19.2 Å². The van der Waals surface area contributed by atoms with E-state index in [2.05, 4.69) is 25.0 Å². The third-order valence-corrected chi connectivity index (χ3v) is 3.84. The maximum absolute atomic E-state index is 12.8. The Morgan fingerprint density at radius 1 is 1.50 bits per heavy atom. The van der Waals surface area contributed by atoms with E-state index in [0.29, 0.717) is 6.61 Å². The van der Waals surface area contributed by atoms with Gasteiger partial charge in [-0.1, -0.05) is 0 Å². The van der Waals surface area contributed by atoms with Crippen molar-refractivity contribution in [2.45, 2.75) is 25.8 Å². The van der Waals surface area contributed by atoms with E-state index in [1.165, 1.54) is 31.5 Å². The van der Waals surface area contributed by atoms with Crippen LogP contribution in [0.5, 0.6) is 0 Å². The monoisotopic (exact) mass is 427 g/mol. The van der Waals surface area contributed by atoms with Gasteiger partial charge in [-0.05, 0) is 37.8 Å². The number of hydrogen-bond acceptors (Lipinski definition) is 7. The molecule has 0 spiro atoms. The van der Waals surface area contributed by atoms with Crippen molar-refractivity contribution in [1.29, 1.82) is 0 Å². The summed E-state index contributed by atoms with van der Waals surface area (Å²) in [7, 11) is 1.41. The van der Waals surface area contributed by atoms with Crippen molar-refractivity contribution in [3.05, 3.63) is 42.1 Å². The molecule has 2 rings (SSSR count). The van der Waals surface area contributed by atoms with Crippen LogP contribution >= 0.6 is 0 Å². The molecular weight excluding hydrogens is 405 g/mol. The molecule has 1 aromatic rings. The van der Waals surface area contributed by atoms with Crippen LogP contribution in [0.4, 0.5) is 24.8 Å². The van der Waals surface area contributed by atoms with E-state index in [4.69, 9.17) is 16.2 Å². The lowest BCUT2D eigenvalue weighted by atomic mass is 9.99. The number of ether oxygens (including phenoxy) is 2. The molecule has 0 saturated heterocycles. The van der Waals surface area contributed by atoms with Crippen LogP contribution in [0, 0.1) is 0 Å². The fourth-order valence-corrected chi connectivity index (χ4v) is 2.66. The number of amides is 1. The third kappa shape index (κ3) is 6.04. The predicted octanol–water partition coefficient (Wildman–Crippen LogP) is 1.57. The average Bonchev–Trinajstić information content (AvgIpc) is 2.66. The van der Waals surface area contributed by atoms with Crippen molar-refractivity contribution in [3.8, 4) is 0 Å². The molecule has 1 heterocycles. The second kappa shape index (κ2) is 9.87. The Balaban J connectivity index is 2.33. The predicted molar refractivity (Wildman–Crippen MR) is 104 cm³/mol. The van der Waals surface area contributed by atoms with Crippen molar-refractivity contribution in [2.24, 2.45) is 10.7 Å². The number of carbonyl (C=O) groups is 1. The molecule has 6 N–H and O–H groups in total. The number of nitrogens with two attached hydrogens (primary N) is 2. The van der Waals surface area contributed by atoms with Crippen LogP contribution in [-0.4, -0.2) is 42.7 Å². The maximum Gasteiger partial charge on any atom is 0.573 e. The van der Waals surface area contributed by atoms with E-state index < -0.39 is 24.1 Å². The zero-order valence-electron chi connectivity index (χ0n) is 16.3. The zero-order chi connectivity index (χ0) is 22.3. The number of allylic oxidation sites excluding steroid dienone is 1. The first-order valence-electron chi connectivity index (χ1n) is 8.82. The minimum absolute atomic E-state index is 0.0131. The summed E-state index contributed by atoms with van der Waals surface area (Å²) in [5, 5.41) is 2.48. The number of halogens is 3. The summed E-state index contributed by atoms with van der Waals surface area (Å²) < 4.78 is 48.0. The second-order valence-electron chi connectivity index (χ2n) is 5.91. The van der Waals surface area contributed by atoms with E-state index in [9.17, 15) is 18.0 Å². The molecule has 1 atom stereocenters. The van der Waals surface area contributed by atoms with Crippen molar-refractivity contribution >= 4 is 28.8 Å². The molecule has 0 saturated carbocycles. The van der Waals surface area contributed by atoms with Gasteiger partial charge in [0.05, 0.1) is 6.10 Å². The summed E-state index contributed by atoms with van der Waals surface area (Å²) >= 11 is 0. The van der Waals surface area contributed by atoms with Crippen LogP contribution in [0.25, 0.3) is 5.57 Å². The molecule has 0 radical (unpaired) electrons. The van der Waals surface area contributed by atoms with Gasteiger partial charge in [-0.3, -0.25) is 4.99 Å². The van der Waals surface area contributed by atoms with Crippen LogP contribution < -0.4 is 21.8 Å². The quantitative estimate of drug-likeness (QED) is 0.565. The first-order valence-corrected chi connectivity index (χ1v) is 8.82. The Kier molecular flexibility index (Phi) is 7.53. The zero-order valence-corrected chi connectivity index (χ0v) is 16.3. The van der Waals surface area contributed by atoms with E-state index in [1.807, 2.05) is 0 Å². The van der Waals surface area contributed by atoms with E-state index in [0.717, 1.165) is 6.20 Å². The summed E-state index contributed by atoms with van der Waals surface area (Å²) in [4.78, 5) is 22.7. The van der Waals surface area contributed by atoms with Crippen LogP contribution in [0.3, 0.4) is 0 Å². The van der Waals surface area contributed by atoms with Crippen LogP contribution in [0.2, 0.25) is 0 Å². The van der Waals surface area contributed by atoms with Gasteiger partial charge in [0.2, 0.25) is 11.6 Å². The standard InChI is InChI=1S/C18H21F3N6O3/c1-3-29-10-4-5-13(30-18(19,20)21)11(8-10)15-16(23)26-14(9-25-15)27-17(28)12(24-2)6-7-22/h5-10H,3-4,22H2,1-2H3,(H3,23,26,27,28)/p+1. The molecule has 1 aliphatic carbocycles. The average molecular weight is 427 g/mol. The molecule has 0 aromatic carbocycles. The summed E-state index contributed by atoms with van der Waals surface area (Å²) in [6.07, 6.45) is 1.24. The Hall–Kier alpha value is -3.41. The Bertz CT molecular complexity index is 909. The largest absolute Gasteiger partial charge is 0.573 e. The first-order chi connectivity index (χ1) is 14.2. The number of aliphatic imine (C=N–C) groups is 1. The van der Waals surface area contributed by atoms with Crippen LogP contribution in [0.15, 0.2) is 41.4 Å². The molecule has 12 heteroatoms. The van der Waals surface area contributed by atoms with E-state index in [-0.39, 0.29) is 35.0 Å². The van der Waals surface area contributed by atoms with Crippen LogP contribution in [-0.2, 0) is 14.3 Å². The summed E-state index contributed by atoms with van der Waals surface area (Å²) in [6.45, 7) is 2.14. The minimum atomic E-state index is -4.89. The molecule has 9 nitrogen and oxygen atoms in total. The number of nitrogens with zero attached hydrogens (tertiary/aromatic N) is 2. The molecule has 0 aliphatic heterocycles. The van der Waals surface area contributed by atoms with Gasteiger partial charge in [-0.2, -0.15) is 0 Å². The smallest absolute Gasteiger partial charge is 0.405 e. The number of H-pyrrole nitrogens is 1. The number of hydrogen-bond donors (Lipinski definition) is 3. The lowest BCUT2D eigenvalue weighted by Crippen LogP contribution is -2.28. The normalized spacial score (nSPS) is 17.5. The van der Waals surface area contributed by atoms with Gasteiger partial charge >= 0.3 is 12.3 Å². The first kappa shape index (κ1) is 22.9. The molecule has 1 aromatic heterocycles. The highest BCUT2D eigenvalue weighted by Gasteiger charge is 2.35. The number of carbonyl (C=O) groups excluding carboxylic acids is 1. The fraction of sp³-hybridized carbons (Fsp3) is 0.333. The van der Waals surface area contributed by atoms with E-state index >= 15 is 0 Å². The van der Waals surface area contributed by atoms with Gasteiger partial charge in [0.15, 0.2) is 0 Å². The van der Waals surface area contributed by atoms with Crippen molar-refractivity contribution in [1.82, 2.24) is 4.98 Å². The molecule has 30 heavy (non-hydrogen) atoms. The summed E-state index contributed by atoms with van der Waals surface area (Å²) in [5.41, 5.74) is 11.3. The highest BCUT2D eigenvalue weighted by atomic mass is 19.4. The lowest BCUT2D eigenvalue weighted by Gasteiger charge is -2.22. The SMILES string of the molecule is CCOC1C=C(c2ncc(NC(=O)C(C=CN)=NC)[nH+]c2N)C(OC(F)(F)F)=CC1. The molecule has 162 valence electrons. The number of rotatable bonds is 7. The van der Waals surface area contributed by atoms with Gasteiger partial charge < -0.3 is 20.9 Å². The van der Waals surface area contributed by atoms with Gasteiger partial charge in [0.25, 0.3) is 0 Å². The second-order valence-corrected chi connectivity index (χ2v) is 5.91. The summed E-state index contributed by atoms with van der Waals surface area (Å²) in [6, 6.07) is 0. The molecule has 1 aliphatic rings. The van der Waals surface area contributed by atoms with E-state index in [1.54, 1.807) is 6.92 Å². The molecular formula is C18H22F3N6O3+. The Morgan fingerprint density at radius 2 is 2.23 bits per heavy atom. The molecule has 0 fully saturated rings. The van der Waals surface area contributed by atoms with Crippen molar-refractivity contribution < 1.29 is 32.4 Å². The van der Waals surface area contributed by atoms with Crippen molar-refractivity contribution in [3.63, 3.8) is 0 Å². The summed E-state index contributed by atoms with van der Waals surface area (Å²) in [5.74, 6) is -1.000. The van der Waals surface area contributed by atoms with Gasteiger partial charge in [-0.25, -0.2) is 20.1 Å². The Labute approximate surface area is 170 Å². The number of aromatic amines is 1. The maximum atomic E-state index is 12.8. The highest BCUT2D eigenvalue weighted by molar-refractivity contribution is 6.46. The number of nitrogens with one attached hydrogen (secondary N) is 2. The topological polar surface area (TPSA) is 139 Å². The highest BCUT2D eigenvalue weighted by Crippen LogP contribution is 2.35. The third-order valence-electron chi connectivity index (χ3n) is 3.84. The van der Waals surface area contributed by atoms with Crippen molar-refractivity contribution in [2.75, 3.05) is 24.7 Å². The molecule has 1 unspecified atom stereocenters. The Morgan fingerprint density at radius 3 is 2.80 bits per heavy atom. The number of anilines is 2. The number of nitrogen functional groups attached to an aromatic ring is 1. The minimum Gasteiger partial charge on any atom is -0.405 e. The van der Waals surface area contributed by atoms with Crippen LogP contribution in [0.1, 0.15) is 19.0 Å². The number of alkyl halides is 3.